The smallest absolute Gasteiger partial charge is 0.222 e. The van der Waals surface area contributed by atoms with Crippen LogP contribution in [0.5, 0.6) is 5.75 Å². The minimum atomic E-state index is 0.261. The molecule has 7 heteroatoms. The molecule has 0 aliphatic carbocycles. The van der Waals surface area contributed by atoms with Gasteiger partial charge in [-0.05, 0) is 12.5 Å². The number of unbranched alkanes of at least 4 members (excludes halogenated alkanes) is 5. The summed E-state index contributed by atoms with van der Waals surface area (Å²) in [5.74, 6) is 2.90. The summed E-state index contributed by atoms with van der Waals surface area (Å²) >= 11 is 0. The number of amides is 1. The van der Waals surface area contributed by atoms with Crippen molar-refractivity contribution >= 4 is 11.7 Å². The van der Waals surface area contributed by atoms with Gasteiger partial charge in [-0.2, -0.15) is 0 Å². The maximum absolute atomic E-state index is 13.0. The number of para-hydroxylation sites is 1. The van der Waals surface area contributed by atoms with Crippen LogP contribution in [-0.2, 0) is 28.9 Å². The van der Waals surface area contributed by atoms with Crippen molar-refractivity contribution in [2.45, 2.75) is 71.3 Å². The standard InChI is InChI=1S/C28H40N4O3/c1-3-4-5-6-7-8-13-27(33)32-15-14-24-23(21-32)28(31-16-18-35-19-17-31)30-26(29-24)20-22-11-9-10-12-25(22)34-2/h9-12H,3-8,13-21H2,1-2H3. The molecule has 1 aromatic heterocycles. The molecule has 190 valence electrons. The van der Waals surface area contributed by atoms with Crippen LogP contribution in [0.25, 0.3) is 0 Å². The van der Waals surface area contributed by atoms with E-state index in [2.05, 4.69) is 17.9 Å². The first-order valence-electron chi connectivity index (χ1n) is 13.3. The van der Waals surface area contributed by atoms with Gasteiger partial charge in [0.2, 0.25) is 5.91 Å². The van der Waals surface area contributed by atoms with Crippen LogP contribution < -0.4 is 9.64 Å². The van der Waals surface area contributed by atoms with Crippen LogP contribution in [0.15, 0.2) is 24.3 Å². The van der Waals surface area contributed by atoms with Crippen molar-refractivity contribution in [3.8, 4) is 5.75 Å². The first-order valence-corrected chi connectivity index (χ1v) is 13.3. The highest BCUT2D eigenvalue weighted by Crippen LogP contribution is 2.29. The van der Waals surface area contributed by atoms with Gasteiger partial charge in [0.05, 0.1) is 32.6 Å². The molecular weight excluding hydrogens is 440 g/mol. The summed E-state index contributed by atoms with van der Waals surface area (Å²) in [5.41, 5.74) is 3.27. The fourth-order valence-corrected chi connectivity index (χ4v) is 5.01. The largest absolute Gasteiger partial charge is 0.496 e. The van der Waals surface area contributed by atoms with E-state index >= 15 is 0 Å². The first kappa shape index (κ1) is 25.4. The summed E-state index contributed by atoms with van der Waals surface area (Å²) in [5, 5.41) is 0. The summed E-state index contributed by atoms with van der Waals surface area (Å²) in [6.07, 6.45) is 9.21. The number of anilines is 1. The number of carbonyl (C=O) groups excluding carboxylic acids is 1. The lowest BCUT2D eigenvalue weighted by Gasteiger charge is -2.34. The molecule has 2 aromatic rings. The normalized spacial score (nSPS) is 15.7. The minimum Gasteiger partial charge on any atom is -0.496 e. The first-order chi connectivity index (χ1) is 17.2. The van der Waals surface area contributed by atoms with Crippen molar-refractivity contribution in [3.05, 3.63) is 46.9 Å². The number of hydrogen-bond acceptors (Lipinski definition) is 6. The molecule has 4 rings (SSSR count). The van der Waals surface area contributed by atoms with E-state index in [0.717, 1.165) is 73.1 Å². The summed E-state index contributed by atoms with van der Waals surface area (Å²) < 4.78 is 11.1. The van der Waals surface area contributed by atoms with E-state index in [4.69, 9.17) is 19.4 Å². The predicted octanol–water partition coefficient (Wildman–Crippen LogP) is 4.55. The Bertz CT molecular complexity index is 975. The molecule has 0 saturated carbocycles. The second kappa shape index (κ2) is 12.9. The van der Waals surface area contributed by atoms with Gasteiger partial charge in [0.25, 0.3) is 0 Å². The number of methoxy groups -OCH3 is 1. The van der Waals surface area contributed by atoms with Crippen molar-refractivity contribution in [3.63, 3.8) is 0 Å². The Labute approximate surface area is 209 Å². The van der Waals surface area contributed by atoms with E-state index in [9.17, 15) is 4.79 Å². The molecule has 2 aliphatic rings. The van der Waals surface area contributed by atoms with Crippen molar-refractivity contribution in [2.24, 2.45) is 0 Å². The van der Waals surface area contributed by atoms with Gasteiger partial charge in [0.15, 0.2) is 0 Å². The highest BCUT2D eigenvalue weighted by Gasteiger charge is 2.28. The van der Waals surface area contributed by atoms with Crippen LogP contribution in [0.1, 0.15) is 74.5 Å². The fourth-order valence-electron chi connectivity index (χ4n) is 5.01. The van der Waals surface area contributed by atoms with Crippen LogP contribution in [0.4, 0.5) is 5.82 Å². The monoisotopic (exact) mass is 480 g/mol. The van der Waals surface area contributed by atoms with E-state index in [1.54, 1.807) is 7.11 Å². The molecule has 35 heavy (non-hydrogen) atoms. The Hall–Kier alpha value is -2.67. The lowest BCUT2D eigenvalue weighted by atomic mass is 10.0. The highest BCUT2D eigenvalue weighted by molar-refractivity contribution is 5.76. The maximum atomic E-state index is 13.0. The third kappa shape index (κ3) is 6.72. The molecule has 1 aromatic carbocycles. The van der Waals surface area contributed by atoms with Gasteiger partial charge >= 0.3 is 0 Å². The lowest BCUT2D eigenvalue weighted by Crippen LogP contribution is -2.41. The third-order valence-electron chi connectivity index (χ3n) is 7.03. The molecule has 0 spiro atoms. The number of hydrogen-bond donors (Lipinski definition) is 0. The number of nitrogens with zero attached hydrogens (tertiary/aromatic N) is 4. The van der Waals surface area contributed by atoms with Gasteiger partial charge in [-0.1, -0.05) is 57.2 Å². The molecule has 7 nitrogen and oxygen atoms in total. The zero-order chi connectivity index (χ0) is 24.5. The minimum absolute atomic E-state index is 0.261. The van der Waals surface area contributed by atoms with E-state index in [1.165, 1.54) is 25.7 Å². The SMILES string of the molecule is CCCCCCCCC(=O)N1CCc2nc(Cc3ccccc3OC)nc(N3CCOCC3)c2C1. The van der Waals surface area contributed by atoms with Gasteiger partial charge < -0.3 is 19.3 Å². The third-order valence-corrected chi connectivity index (χ3v) is 7.03. The van der Waals surface area contributed by atoms with E-state index in [1.807, 2.05) is 23.1 Å². The summed E-state index contributed by atoms with van der Waals surface area (Å²) in [6.45, 7) is 6.57. The quantitative estimate of drug-likeness (QED) is 0.440. The Morgan fingerprint density at radius 3 is 2.60 bits per heavy atom. The summed E-state index contributed by atoms with van der Waals surface area (Å²) in [6, 6.07) is 8.04. The molecule has 0 atom stereocenters. The van der Waals surface area contributed by atoms with E-state index < -0.39 is 0 Å². The molecule has 3 heterocycles. The molecule has 1 amide bonds. The molecule has 0 radical (unpaired) electrons. The fraction of sp³-hybridized carbons (Fsp3) is 0.607. The van der Waals surface area contributed by atoms with Gasteiger partial charge in [-0.25, -0.2) is 9.97 Å². The molecule has 2 aliphatic heterocycles. The molecule has 0 bridgehead atoms. The molecular formula is C28H40N4O3. The Morgan fingerprint density at radius 2 is 1.80 bits per heavy atom. The Kier molecular flexibility index (Phi) is 9.35. The predicted molar refractivity (Wildman–Crippen MR) is 138 cm³/mol. The van der Waals surface area contributed by atoms with Crippen LogP contribution in [-0.4, -0.2) is 60.7 Å². The number of rotatable bonds is 11. The van der Waals surface area contributed by atoms with Crippen LogP contribution >= 0.6 is 0 Å². The number of aromatic nitrogens is 2. The van der Waals surface area contributed by atoms with E-state index in [0.29, 0.717) is 32.6 Å². The topological polar surface area (TPSA) is 67.8 Å². The maximum Gasteiger partial charge on any atom is 0.222 e. The van der Waals surface area contributed by atoms with E-state index in [-0.39, 0.29) is 5.91 Å². The van der Waals surface area contributed by atoms with Gasteiger partial charge in [0, 0.05) is 50.0 Å². The average molecular weight is 481 g/mol. The lowest BCUT2D eigenvalue weighted by molar-refractivity contribution is -0.132. The van der Waals surface area contributed by atoms with Crippen molar-refractivity contribution < 1.29 is 14.3 Å². The number of fused-ring (bicyclic) bond motifs is 1. The number of benzene rings is 1. The number of ether oxygens (including phenoxy) is 2. The average Bonchev–Trinajstić information content (AvgIpc) is 2.90. The molecule has 0 unspecified atom stereocenters. The van der Waals surface area contributed by atoms with Gasteiger partial charge in [-0.3, -0.25) is 4.79 Å². The van der Waals surface area contributed by atoms with Gasteiger partial charge in [-0.15, -0.1) is 0 Å². The molecule has 1 fully saturated rings. The Balaban J connectivity index is 1.50. The van der Waals surface area contributed by atoms with Crippen LogP contribution in [0, 0.1) is 0 Å². The number of carbonyl (C=O) groups is 1. The highest BCUT2D eigenvalue weighted by atomic mass is 16.5. The van der Waals surface area contributed by atoms with Crippen molar-refractivity contribution in [1.29, 1.82) is 0 Å². The zero-order valence-corrected chi connectivity index (χ0v) is 21.4. The Morgan fingerprint density at radius 1 is 1.03 bits per heavy atom. The van der Waals surface area contributed by atoms with Gasteiger partial charge in [0.1, 0.15) is 17.4 Å². The second-order valence-electron chi connectivity index (χ2n) is 9.56. The van der Waals surface area contributed by atoms with Crippen molar-refractivity contribution in [1.82, 2.24) is 14.9 Å². The molecule has 1 saturated heterocycles. The summed E-state index contributed by atoms with van der Waals surface area (Å²) in [7, 11) is 1.70. The van der Waals surface area contributed by atoms with Crippen LogP contribution in [0.3, 0.4) is 0 Å². The summed E-state index contributed by atoms with van der Waals surface area (Å²) in [4.78, 5) is 27.3. The van der Waals surface area contributed by atoms with Crippen molar-refractivity contribution in [2.75, 3.05) is 44.9 Å². The zero-order valence-electron chi connectivity index (χ0n) is 21.4. The molecule has 0 N–H and O–H groups in total. The second-order valence-corrected chi connectivity index (χ2v) is 9.56. The number of morpholine rings is 1. The van der Waals surface area contributed by atoms with Crippen LogP contribution in [0.2, 0.25) is 0 Å².